The van der Waals surface area contributed by atoms with Crippen LogP contribution in [-0.4, -0.2) is 12.1 Å². The number of rotatable bonds is 7. The Morgan fingerprint density at radius 1 is 0.947 bits per heavy atom. The van der Waals surface area contributed by atoms with Gasteiger partial charge in [-0.2, -0.15) is 0 Å². The molecule has 19 heavy (non-hydrogen) atoms. The molecule has 1 atom stereocenters. The molecule has 0 heterocycles. The molecule has 1 rings (SSSR count). The third kappa shape index (κ3) is 6.29. The second-order valence-corrected chi connectivity index (χ2v) is 7.71. The lowest BCUT2D eigenvalue weighted by atomic mass is 9.71. The van der Waals surface area contributed by atoms with Gasteiger partial charge in [-0.25, -0.2) is 0 Å². The Bertz CT molecular complexity index is 220. The van der Waals surface area contributed by atoms with Crippen molar-refractivity contribution in [3.05, 3.63) is 0 Å². The summed E-state index contributed by atoms with van der Waals surface area (Å²) in [4.78, 5) is 0. The van der Waals surface area contributed by atoms with Gasteiger partial charge < -0.3 is 5.32 Å². The second kappa shape index (κ2) is 8.29. The van der Waals surface area contributed by atoms with Crippen LogP contribution < -0.4 is 5.32 Å². The zero-order chi connectivity index (χ0) is 14.3. The quantitative estimate of drug-likeness (QED) is 0.638. The molecule has 0 spiro atoms. The first-order valence-corrected chi connectivity index (χ1v) is 8.73. The molecule has 0 radical (unpaired) electrons. The Balaban J connectivity index is 2.33. The number of hydrogen-bond donors (Lipinski definition) is 1. The maximum atomic E-state index is 3.96. The van der Waals surface area contributed by atoms with Crippen molar-refractivity contribution in [1.82, 2.24) is 5.32 Å². The Hall–Kier alpha value is -0.0400. The molecule has 114 valence electrons. The van der Waals surface area contributed by atoms with E-state index in [4.69, 9.17) is 0 Å². The fourth-order valence-corrected chi connectivity index (χ4v) is 3.57. The van der Waals surface area contributed by atoms with Gasteiger partial charge in [-0.1, -0.05) is 53.9 Å². The minimum Gasteiger partial charge on any atom is -0.311 e. The van der Waals surface area contributed by atoms with Crippen molar-refractivity contribution >= 4 is 0 Å². The lowest BCUT2D eigenvalue weighted by Gasteiger charge is -2.38. The van der Waals surface area contributed by atoms with Crippen LogP contribution in [0.2, 0.25) is 0 Å². The fraction of sp³-hybridized carbons (Fsp3) is 1.00. The normalized spacial score (nSPS) is 26.4. The van der Waals surface area contributed by atoms with E-state index in [-0.39, 0.29) is 0 Å². The van der Waals surface area contributed by atoms with E-state index in [0.717, 1.165) is 18.0 Å². The second-order valence-electron chi connectivity index (χ2n) is 7.71. The van der Waals surface area contributed by atoms with Gasteiger partial charge in [0.2, 0.25) is 0 Å². The molecule has 1 aliphatic rings. The van der Waals surface area contributed by atoms with E-state index in [9.17, 15) is 0 Å². The third-order valence-corrected chi connectivity index (χ3v) is 4.97. The van der Waals surface area contributed by atoms with Gasteiger partial charge in [0.1, 0.15) is 0 Å². The zero-order valence-corrected chi connectivity index (χ0v) is 14.1. The molecule has 0 amide bonds. The smallest absolute Gasteiger partial charge is 0.00698 e. The highest BCUT2D eigenvalue weighted by molar-refractivity contribution is 4.85. The summed E-state index contributed by atoms with van der Waals surface area (Å²) in [6.45, 7) is 11.8. The summed E-state index contributed by atoms with van der Waals surface area (Å²) in [5.74, 6) is 0.936. The molecular formula is C18H37N. The van der Waals surface area contributed by atoms with E-state index in [1.807, 2.05) is 0 Å². The first-order valence-electron chi connectivity index (χ1n) is 8.73. The molecule has 0 bridgehead atoms. The molecule has 0 aromatic carbocycles. The molecule has 1 nitrogen and oxygen atoms in total. The monoisotopic (exact) mass is 267 g/mol. The first-order chi connectivity index (χ1) is 8.97. The molecule has 1 heteroatoms. The standard InChI is InChI=1S/C18H37N/c1-6-8-10-16(9-7-2)19-17-13-11-15(12-14-17)18(3,4)5/h15-17,19H,6-14H2,1-5H3. The molecule has 1 fully saturated rings. The number of unbranched alkanes of at least 4 members (excludes halogenated alkanes) is 1. The van der Waals surface area contributed by atoms with Crippen molar-refractivity contribution in [2.24, 2.45) is 11.3 Å². The summed E-state index contributed by atoms with van der Waals surface area (Å²) in [6.07, 6.45) is 12.4. The van der Waals surface area contributed by atoms with Crippen LogP contribution in [0, 0.1) is 11.3 Å². The van der Waals surface area contributed by atoms with E-state index in [2.05, 4.69) is 39.9 Å². The van der Waals surface area contributed by atoms with Crippen molar-refractivity contribution in [3.8, 4) is 0 Å². The predicted octanol–water partition coefficient (Wildman–Crippen LogP) is 5.54. The first kappa shape index (κ1) is 17.0. The summed E-state index contributed by atoms with van der Waals surface area (Å²) < 4.78 is 0. The molecule has 0 aromatic heterocycles. The van der Waals surface area contributed by atoms with Crippen LogP contribution in [0.1, 0.15) is 92.4 Å². The summed E-state index contributed by atoms with van der Waals surface area (Å²) in [5, 5.41) is 3.96. The average molecular weight is 268 g/mol. The summed E-state index contributed by atoms with van der Waals surface area (Å²) in [6, 6.07) is 1.58. The van der Waals surface area contributed by atoms with Gasteiger partial charge in [0.15, 0.2) is 0 Å². The van der Waals surface area contributed by atoms with Crippen molar-refractivity contribution in [1.29, 1.82) is 0 Å². The van der Waals surface area contributed by atoms with Crippen LogP contribution in [0.5, 0.6) is 0 Å². The predicted molar refractivity (Wildman–Crippen MR) is 86.6 cm³/mol. The highest BCUT2D eigenvalue weighted by Crippen LogP contribution is 2.37. The van der Waals surface area contributed by atoms with Gasteiger partial charge in [0.05, 0.1) is 0 Å². The highest BCUT2D eigenvalue weighted by atomic mass is 14.9. The van der Waals surface area contributed by atoms with Gasteiger partial charge in [0, 0.05) is 12.1 Å². The molecule has 1 unspecified atom stereocenters. The molecular weight excluding hydrogens is 230 g/mol. The van der Waals surface area contributed by atoms with Crippen molar-refractivity contribution in [2.75, 3.05) is 0 Å². The SMILES string of the molecule is CCCCC(CCC)NC1CCC(C(C)(C)C)CC1. The van der Waals surface area contributed by atoms with Gasteiger partial charge in [-0.3, -0.25) is 0 Å². The molecule has 0 saturated heterocycles. The van der Waals surface area contributed by atoms with Gasteiger partial charge in [0.25, 0.3) is 0 Å². The third-order valence-electron chi connectivity index (χ3n) is 4.97. The van der Waals surface area contributed by atoms with E-state index in [1.165, 1.54) is 57.8 Å². The van der Waals surface area contributed by atoms with Crippen molar-refractivity contribution in [3.63, 3.8) is 0 Å². The number of nitrogens with one attached hydrogen (secondary N) is 1. The van der Waals surface area contributed by atoms with Crippen LogP contribution in [0.25, 0.3) is 0 Å². The summed E-state index contributed by atoms with van der Waals surface area (Å²) in [5.41, 5.74) is 0.510. The summed E-state index contributed by atoms with van der Waals surface area (Å²) >= 11 is 0. The minimum atomic E-state index is 0.510. The summed E-state index contributed by atoms with van der Waals surface area (Å²) in [7, 11) is 0. The highest BCUT2D eigenvalue weighted by Gasteiger charge is 2.30. The largest absolute Gasteiger partial charge is 0.311 e. The zero-order valence-electron chi connectivity index (χ0n) is 14.1. The van der Waals surface area contributed by atoms with Gasteiger partial charge in [-0.15, -0.1) is 0 Å². The van der Waals surface area contributed by atoms with Crippen LogP contribution >= 0.6 is 0 Å². The fourth-order valence-electron chi connectivity index (χ4n) is 3.57. The Labute approximate surface area is 121 Å². The molecule has 1 N–H and O–H groups in total. The topological polar surface area (TPSA) is 12.0 Å². The van der Waals surface area contributed by atoms with Crippen molar-refractivity contribution in [2.45, 2.75) is 104 Å². The Morgan fingerprint density at radius 2 is 1.58 bits per heavy atom. The van der Waals surface area contributed by atoms with E-state index in [1.54, 1.807) is 0 Å². The lowest BCUT2D eigenvalue weighted by molar-refractivity contribution is 0.154. The lowest BCUT2D eigenvalue weighted by Crippen LogP contribution is -2.41. The maximum absolute atomic E-state index is 3.96. The minimum absolute atomic E-state index is 0.510. The van der Waals surface area contributed by atoms with E-state index >= 15 is 0 Å². The van der Waals surface area contributed by atoms with Crippen LogP contribution in [0.3, 0.4) is 0 Å². The van der Waals surface area contributed by atoms with Gasteiger partial charge >= 0.3 is 0 Å². The van der Waals surface area contributed by atoms with Gasteiger partial charge in [-0.05, 0) is 49.9 Å². The Morgan fingerprint density at radius 3 is 2.05 bits per heavy atom. The van der Waals surface area contributed by atoms with Crippen LogP contribution in [-0.2, 0) is 0 Å². The molecule has 0 aliphatic heterocycles. The Kier molecular flexibility index (Phi) is 7.42. The molecule has 1 saturated carbocycles. The number of hydrogen-bond acceptors (Lipinski definition) is 1. The van der Waals surface area contributed by atoms with E-state index < -0.39 is 0 Å². The molecule has 1 aliphatic carbocycles. The van der Waals surface area contributed by atoms with Crippen molar-refractivity contribution < 1.29 is 0 Å². The van der Waals surface area contributed by atoms with Crippen LogP contribution in [0.15, 0.2) is 0 Å². The maximum Gasteiger partial charge on any atom is 0.00698 e. The average Bonchev–Trinajstić information content (AvgIpc) is 2.36. The molecule has 0 aromatic rings. The van der Waals surface area contributed by atoms with E-state index in [0.29, 0.717) is 5.41 Å². The van der Waals surface area contributed by atoms with Crippen LogP contribution in [0.4, 0.5) is 0 Å².